The fourth-order valence-corrected chi connectivity index (χ4v) is 2.68. The van der Waals surface area contributed by atoms with Gasteiger partial charge in [-0.1, -0.05) is 0 Å². The van der Waals surface area contributed by atoms with E-state index in [4.69, 9.17) is 0 Å². The first-order chi connectivity index (χ1) is 11.9. The standard InChI is InChI=1S/C17H14FN3O4/c18-12-3-7-14(8-4-12)20-10-13(9-16(20)22)19-17(23)11-1-5-15(6-2-11)21(24)25/h1-8,13H,9-10H2,(H,19,23)/t13-/m1/s1. The smallest absolute Gasteiger partial charge is 0.269 e. The summed E-state index contributed by atoms with van der Waals surface area (Å²) >= 11 is 0. The predicted octanol–water partition coefficient (Wildman–Crippen LogP) is 2.27. The number of amides is 2. The number of carbonyl (C=O) groups excluding carboxylic acids is 2. The van der Waals surface area contributed by atoms with Crippen molar-refractivity contribution in [2.45, 2.75) is 12.5 Å². The van der Waals surface area contributed by atoms with Crippen molar-refractivity contribution in [3.05, 3.63) is 70.0 Å². The molecule has 1 atom stereocenters. The van der Waals surface area contributed by atoms with Crippen molar-refractivity contribution in [1.82, 2.24) is 5.32 Å². The maximum atomic E-state index is 13.0. The van der Waals surface area contributed by atoms with E-state index in [1.807, 2.05) is 0 Å². The topological polar surface area (TPSA) is 92.6 Å². The Morgan fingerprint density at radius 1 is 1.16 bits per heavy atom. The molecule has 2 aromatic rings. The Bertz CT molecular complexity index is 821. The molecule has 0 saturated carbocycles. The number of nitro benzene ring substituents is 1. The largest absolute Gasteiger partial charge is 0.347 e. The molecule has 1 aliphatic heterocycles. The van der Waals surface area contributed by atoms with Gasteiger partial charge in [0, 0.05) is 36.3 Å². The van der Waals surface area contributed by atoms with Crippen molar-refractivity contribution in [1.29, 1.82) is 0 Å². The Morgan fingerprint density at radius 2 is 1.80 bits per heavy atom. The lowest BCUT2D eigenvalue weighted by molar-refractivity contribution is -0.384. The van der Waals surface area contributed by atoms with Crippen LogP contribution in [-0.4, -0.2) is 29.3 Å². The number of rotatable bonds is 4. The monoisotopic (exact) mass is 343 g/mol. The van der Waals surface area contributed by atoms with Gasteiger partial charge in [-0.3, -0.25) is 19.7 Å². The molecule has 1 aliphatic rings. The molecular formula is C17H14FN3O4. The fourth-order valence-electron chi connectivity index (χ4n) is 2.68. The average molecular weight is 343 g/mol. The summed E-state index contributed by atoms with van der Waals surface area (Å²) in [6.45, 7) is 0.281. The summed E-state index contributed by atoms with van der Waals surface area (Å²) in [6, 6.07) is 10.4. The maximum Gasteiger partial charge on any atom is 0.269 e. The first kappa shape index (κ1) is 16.6. The zero-order valence-electron chi connectivity index (χ0n) is 13.0. The van der Waals surface area contributed by atoms with Crippen LogP contribution >= 0.6 is 0 Å². The Labute approximate surface area is 142 Å². The number of nitro groups is 1. The van der Waals surface area contributed by atoms with Gasteiger partial charge in [0.15, 0.2) is 0 Å². The number of nitrogens with zero attached hydrogens (tertiary/aromatic N) is 2. The Kier molecular flexibility index (Phi) is 4.42. The van der Waals surface area contributed by atoms with E-state index in [-0.39, 0.29) is 36.2 Å². The van der Waals surface area contributed by atoms with Crippen molar-refractivity contribution in [2.75, 3.05) is 11.4 Å². The summed E-state index contributed by atoms with van der Waals surface area (Å²) in [5.74, 6) is -0.965. The van der Waals surface area contributed by atoms with Gasteiger partial charge in [-0.05, 0) is 36.4 Å². The molecule has 2 amide bonds. The lowest BCUT2D eigenvalue weighted by Gasteiger charge is -2.17. The molecule has 0 aliphatic carbocycles. The molecule has 0 unspecified atom stereocenters. The summed E-state index contributed by atoms with van der Waals surface area (Å²) in [6.07, 6.45) is 0.135. The molecule has 8 heteroatoms. The molecule has 1 saturated heterocycles. The van der Waals surface area contributed by atoms with Gasteiger partial charge in [0.2, 0.25) is 5.91 Å². The molecule has 1 heterocycles. The van der Waals surface area contributed by atoms with Crippen LogP contribution in [0.25, 0.3) is 0 Å². The summed E-state index contributed by atoms with van der Waals surface area (Å²) in [4.78, 5) is 35.9. The Balaban J connectivity index is 1.65. The highest BCUT2D eigenvalue weighted by atomic mass is 19.1. The molecular weight excluding hydrogens is 329 g/mol. The molecule has 7 nitrogen and oxygen atoms in total. The third-order valence-electron chi connectivity index (χ3n) is 3.94. The quantitative estimate of drug-likeness (QED) is 0.681. The second kappa shape index (κ2) is 6.68. The number of non-ortho nitro benzene ring substituents is 1. The van der Waals surface area contributed by atoms with Gasteiger partial charge in [0.25, 0.3) is 11.6 Å². The van der Waals surface area contributed by atoms with E-state index in [1.165, 1.54) is 53.4 Å². The highest BCUT2D eigenvalue weighted by Gasteiger charge is 2.31. The fraction of sp³-hybridized carbons (Fsp3) is 0.176. The van der Waals surface area contributed by atoms with Gasteiger partial charge < -0.3 is 10.2 Å². The molecule has 0 aromatic heterocycles. The number of hydrogen-bond acceptors (Lipinski definition) is 4. The maximum absolute atomic E-state index is 13.0. The number of hydrogen-bond donors (Lipinski definition) is 1. The average Bonchev–Trinajstić information content (AvgIpc) is 2.96. The van der Waals surface area contributed by atoms with E-state index in [0.717, 1.165) is 0 Å². The first-order valence-electron chi connectivity index (χ1n) is 7.55. The van der Waals surface area contributed by atoms with Gasteiger partial charge >= 0.3 is 0 Å². The SMILES string of the molecule is O=C(N[C@@H]1CC(=O)N(c2ccc(F)cc2)C1)c1ccc([N+](=O)[O-])cc1. The van der Waals surface area contributed by atoms with Crippen LogP contribution in [0.2, 0.25) is 0 Å². The second-order valence-corrected chi connectivity index (χ2v) is 5.66. The lowest BCUT2D eigenvalue weighted by atomic mass is 10.1. The molecule has 3 rings (SSSR count). The molecule has 1 fully saturated rings. The van der Waals surface area contributed by atoms with Crippen LogP contribution in [0.4, 0.5) is 15.8 Å². The van der Waals surface area contributed by atoms with Gasteiger partial charge in [0.05, 0.1) is 11.0 Å². The number of benzene rings is 2. The number of anilines is 1. The zero-order valence-corrected chi connectivity index (χ0v) is 13.0. The second-order valence-electron chi connectivity index (χ2n) is 5.66. The highest BCUT2D eigenvalue weighted by Crippen LogP contribution is 2.22. The molecule has 2 aromatic carbocycles. The van der Waals surface area contributed by atoms with Crippen molar-refractivity contribution < 1.29 is 18.9 Å². The molecule has 25 heavy (non-hydrogen) atoms. The van der Waals surface area contributed by atoms with Crippen LogP contribution in [0, 0.1) is 15.9 Å². The van der Waals surface area contributed by atoms with Gasteiger partial charge in [-0.25, -0.2) is 4.39 Å². The summed E-state index contributed by atoms with van der Waals surface area (Å²) in [5.41, 5.74) is 0.742. The first-order valence-corrected chi connectivity index (χ1v) is 7.55. The van der Waals surface area contributed by atoms with E-state index >= 15 is 0 Å². The number of nitrogens with one attached hydrogen (secondary N) is 1. The van der Waals surface area contributed by atoms with Crippen LogP contribution in [0.3, 0.4) is 0 Å². The van der Waals surface area contributed by atoms with Crippen molar-refractivity contribution in [3.8, 4) is 0 Å². The minimum Gasteiger partial charge on any atom is -0.347 e. The van der Waals surface area contributed by atoms with Crippen LogP contribution in [0.5, 0.6) is 0 Å². The van der Waals surface area contributed by atoms with Gasteiger partial charge in [0.1, 0.15) is 5.82 Å². The lowest BCUT2D eigenvalue weighted by Crippen LogP contribution is -2.37. The van der Waals surface area contributed by atoms with E-state index in [2.05, 4.69) is 5.32 Å². The molecule has 0 radical (unpaired) electrons. The van der Waals surface area contributed by atoms with Crippen molar-refractivity contribution in [3.63, 3.8) is 0 Å². The van der Waals surface area contributed by atoms with Crippen LogP contribution < -0.4 is 10.2 Å². The third-order valence-corrected chi connectivity index (χ3v) is 3.94. The van der Waals surface area contributed by atoms with Gasteiger partial charge in [-0.15, -0.1) is 0 Å². The summed E-state index contributed by atoms with van der Waals surface area (Å²) in [7, 11) is 0. The number of halogens is 1. The molecule has 0 spiro atoms. The molecule has 0 bridgehead atoms. The summed E-state index contributed by atoms with van der Waals surface area (Å²) < 4.78 is 13.0. The van der Waals surface area contributed by atoms with Crippen LogP contribution in [0.1, 0.15) is 16.8 Å². The summed E-state index contributed by atoms with van der Waals surface area (Å²) in [5, 5.41) is 13.4. The molecule has 1 N–H and O–H groups in total. The van der Waals surface area contributed by atoms with Crippen molar-refractivity contribution in [2.24, 2.45) is 0 Å². The Hall–Kier alpha value is -3.29. The van der Waals surface area contributed by atoms with Crippen LogP contribution in [-0.2, 0) is 4.79 Å². The highest BCUT2D eigenvalue weighted by molar-refractivity contribution is 5.99. The minimum absolute atomic E-state index is 0.102. The van der Waals surface area contributed by atoms with E-state index < -0.39 is 16.6 Å². The van der Waals surface area contributed by atoms with Gasteiger partial charge in [-0.2, -0.15) is 0 Å². The van der Waals surface area contributed by atoms with Crippen molar-refractivity contribution >= 4 is 23.2 Å². The Morgan fingerprint density at radius 3 is 2.40 bits per heavy atom. The van der Waals surface area contributed by atoms with Crippen LogP contribution in [0.15, 0.2) is 48.5 Å². The third kappa shape index (κ3) is 3.63. The van der Waals surface area contributed by atoms with E-state index in [9.17, 15) is 24.1 Å². The predicted molar refractivity (Wildman–Crippen MR) is 87.7 cm³/mol. The van der Waals surface area contributed by atoms with E-state index in [0.29, 0.717) is 5.69 Å². The number of carbonyl (C=O) groups is 2. The van der Waals surface area contributed by atoms with E-state index in [1.54, 1.807) is 0 Å². The molecule has 128 valence electrons. The zero-order chi connectivity index (χ0) is 18.0. The normalized spacial score (nSPS) is 16.8. The minimum atomic E-state index is -0.544.